The summed E-state index contributed by atoms with van der Waals surface area (Å²) in [5.41, 5.74) is 3.59. The van der Waals surface area contributed by atoms with E-state index in [1.54, 1.807) is 12.1 Å². The van der Waals surface area contributed by atoms with E-state index in [0.717, 1.165) is 16.5 Å². The standard InChI is InChI=1S/C26H18N2O3S2/c29-24-23(33-26(32)28(24)20-10-6-9-18(13-20)25(30)31)14-19-16-27(15-17-7-2-1-3-8-17)22-12-5-4-11-21(19)22/h1-14,16H,15H2,(H,30,31)/p-1/b23-14-. The van der Waals surface area contributed by atoms with Crippen LogP contribution in [0.1, 0.15) is 21.5 Å². The van der Waals surface area contributed by atoms with E-state index in [0.29, 0.717) is 21.5 Å². The van der Waals surface area contributed by atoms with Crippen LogP contribution in [0.15, 0.2) is 90.0 Å². The van der Waals surface area contributed by atoms with Gasteiger partial charge in [-0.15, -0.1) is 0 Å². The third kappa shape index (κ3) is 4.08. The Morgan fingerprint density at radius 2 is 1.76 bits per heavy atom. The van der Waals surface area contributed by atoms with E-state index in [1.807, 2.05) is 48.7 Å². The topological polar surface area (TPSA) is 65.4 Å². The lowest BCUT2D eigenvalue weighted by molar-refractivity contribution is -0.255. The molecule has 3 aromatic carbocycles. The van der Waals surface area contributed by atoms with Crippen molar-refractivity contribution in [2.45, 2.75) is 6.54 Å². The molecule has 7 heteroatoms. The predicted molar refractivity (Wildman–Crippen MR) is 134 cm³/mol. The summed E-state index contributed by atoms with van der Waals surface area (Å²) in [6, 6.07) is 24.3. The lowest BCUT2D eigenvalue weighted by Crippen LogP contribution is -2.28. The average molecular weight is 470 g/mol. The zero-order valence-electron chi connectivity index (χ0n) is 17.3. The monoisotopic (exact) mass is 469 g/mol. The number of carboxylic acid groups (broad SMARTS) is 1. The Bertz CT molecular complexity index is 1440. The number of para-hydroxylation sites is 1. The number of fused-ring (bicyclic) bond motifs is 1. The van der Waals surface area contributed by atoms with Crippen LogP contribution in [0.5, 0.6) is 0 Å². The Balaban J connectivity index is 1.51. The molecule has 1 aliphatic heterocycles. The fraction of sp³-hybridized carbons (Fsp3) is 0.0385. The summed E-state index contributed by atoms with van der Waals surface area (Å²) in [6.45, 7) is 0.714. The number of carbonyl (C=O) groups is 2. The van der Waals surface area contributed by atoms with E-state index >= 15 is 0 Å². The largest absolute Gasteiger partial charge is 0.545 e. The molecular weight excluding hydrogens is 452 g/mol. The molecule has 1 aliphatic rings. The Labute approximate surface area is 199 Å². The van der Waals surface area contributed by atoms with Gasteiger partial charge in [0.2, 0.25) is 0 Å². The molecule has 4 aromatic rings. The molecule has 0 unspecified atom stereocenters. The van der Waals surface area contributed by atoms with E-state index in [2.05, 4.69) is 22.8 Å². The van der Waals surface area contributed by atoms with Gasteiger partial charge < -0.3 is 14.5 Å². The van der Waals surface area contributed by atoms with Gasteiger partial charge in [-0.25, -0.2) is 0 Å². The Morgan fingerprint density at radius 3 is 2.55 bits per heavy atom. The van der Waals surface area contributed by atoms with Crippen LogP contribution in [0.3, 0.4) is 0 Å². The second-order valence-electron chi connectivity index (χ2n) is 7.57. The molecule has 5 rings (SSSR count). The highest BCUT2D eigenvalue weighted by atomic mass is 32.2. The van der Waals surface area contributed by atoms with Gasteiger partial charge in [0.1, 0.15) is 0 Å². The van der Waals surface area contributed by atoms with Crippen molar-refractivity contribution in [3.05, 3.63) is 107 Å². The zero-order chi connectivity index (χ0) is 22.9. The number of rotatable bonds is 5. The van der Waals surface area contributed by atoms with Gasteiger partial charge in [0, 0.05) is 29.2 Å². The Hall–Kier alpha value is -3.68. The second-order valence-corrected chi connectivity index (χ2v) is 9.25. The van der Waals surface area contributed by atoms with Crippen LogP contribution >= 0.6 is 24.0 Å². The minimum absolute atomic E-state index is 0.00508. The highest BCUT2D eigenvalue weighted by Gasteiger charge is 2.33. The van der Waals surface area contributed by atoms with Crippen molar-refractivity contribution in [1.82, 2.24) is 4.57 Å². The first-order chi connectivity index (χ1) is 16.0. The lowest BCUT2D eigenvalue weighted by Gasteiger charge is -2.15. The molecule has 1 amide bonds. The van der Waals surface area contributed by atoms with Crippen LogP contribution < -0.4 is 10.0 Å². The van der Waals surface area contributed by atoms with Gasteiger partial charge in [-0.05, 0) is 35.4 Å². The van der Waals surface area contributed by atoms with Crippen LogP contribution in [0.4, 0.5) is 5.69 Å². The summed E-state index contributed by atoms with van der Waals surface area (Å²) in [6.07, 6.45) is 3.90. The van der Waals surface area contributed by atoms with Crippen LogP contribution in [-0.4, -0.2) is 20.8 Å². The van der Waals surface area contributed by atoms with Crippen molar-refractivity contribution >= 4 is 62.8 Å². The number of aromatic nitrogens is 1. The lowest BCUT2D eigenvalue weighted by atomic mass is 10.1. The van der Waals surface area contributed by atoms with E-state index in [9.17, 15) is 14.7 Å². The van der Waals surface area contributed by atoms with Gasteiger partial charge in [0.15, 0.2) is 4.32 Å². The van der Waals surface area contributed by atoms with Gasteiger partial charge in [0.05, 0.1) is 16.6 Å². The average Bonchev–Trinajstić information content (AvgIpc) is 3.31. The molecule has 0 aliphatic carbocycles. The van der Waals surface area contributed by atoms with Crippen molar-refractivity contribution in [1.29, 1.82) is 0 Å². The van der Waals surface area contributed by atoms with E-state index < -0.39 is 5.97 Å². The van der Waals surface area contributed by atoms with Crippen LogP contribution in [0, 0.1) is 0 Å². The predicted octanol–water partition coefficient (Wildman–Crippen LogP) is 4.46. The minimum Gasteiger partial charge on any atom is -0.545 e. The summed E-state index contributed by atoms with van der Waals surface area (Å²) in [4.78, 5) is 26.3. The maximum Gasteiger partial charge on any atom is 0.270 e. The summed E-state index contributed by atoms with van der Waals surface area (Å²) in [5, 5.41) is 12.3. The summed E-state index contributed by atoms with van der Waals surface area (Å²) in [7, 11) is 0. The molecular formula is C26H17N2O3S2-. The molecule has 162 valence electrons. The number of hydrogen-bond donors (Lipinski definition) is 0. The third-order valence-corrected chi connectivity index (χ3v) is 6.74. The van der Waals surface area contributed by atoms with Crippen molar-refractivity contribution in [2.24, 2.45) is 0 Å². The SMILES string of the molecule is O=C([O-])c1cccc(N2C(=O)/C(=C/c3cn(Cc4ccccc4)c4ccccc34)SC2=S)c1. The zero-order valence-corrected chi connectivity index (χ0v) is 18.9. The van der Waals surface area contributed by atoms with Gasteiger partial charge in [-0.2, -0.15) is 0 Å². The fourth-order valence-corrected chi connectivity index (χ4v) is 5.19. The van der Waals surface area contributed by atoms with E-state index in [4.69, 9.17) is 12.2 Å². The summed E-state index contributed by atoms with van der Waals surface area (Å²) >= 11 is 6.65. The summed E-state index contributed by atoms with van der Waals surface area (Å²) in [5.74, 6) is -1.58. The molecule has 0 radical (unpaired) electrons. The number of aromatic carboxylic acids is 1. The molecule has 2 heterocycles. The van der Waals surface area contributed by atoms with Crippen molar-refractivity contribution in [3.8, 4) is 0 Å². The number of nitrogens with zero attached hydrogens (tertiary/aromatic N) is 2. The quantitative estimate of drug-likeness (QED) is 0.319. The fourth-order valence-electron chi connectivity index (χ4n) is 3.90. The first kappa shape index (κ1) is 21.2. The van der Waals surface area contributed by atoms with Crippen LogP contribution in [0.2, 0.25) is 0 Å². The van der Waals surface area contributed by atoms with E-state index in [-0.39, 0.29) is 11.5 Å². The number of carboxylic acids is 1. The molecule has 0 saturated carbocycles. The number of anilines is 1. The second kappa shape index (κ2) is 8.69. The molecule has 1 fully saturated rings. The number of hydrogen-bond acceptors (Lipinski definition) is 5. The molecule has 0 N–H and O–H groups in total. The third-order valence-electron chi connectivity index (χ3n) is 5.44. The summed E-state index contributed by atoms with van der Waals surface area (Å²) < 4.78 is 2.52. The van der Waals surface area contributed by atoms with Crippen LogP contribution in [-0.2, 0) is 11.3 Å². The maximum atomic E-state index is 13.2. The van der Waals surface area contributed by atoms with Gasteiger partial charge in [-0.1, -0.05) is 84.6 Å². The molecule has 0 bridgehead atoms. The highest BCUT2D eigenvalue weighted by molar-refractivity contribution is 8.27. The van der Waals surface area contributed by atoms with Gasteiger partial charge >= 0.3 is 0 Å². The minimum atomic E-state index is -1.30. The number of benzene rings is 3. The molecule has 5 nitrogen and oxygen atoms in total. The smallest absolute Gasteiger partial charge is 0.270 e. The first-order valence-corrected chi connectivity index (χ1v) is 11.4. The van der Waals surface area contributed by atoms with E-state index in [1.165, 1.54) is 34.4 Å². The Kier molecular flexibility index (Phi) is 5.58. The first-order valence-electron chi connectivity index (χ1n) is 10.2. The number of thioether (sulfide) groups is 1. The molecule has 0 spiro atoms. The van der Waals surface area contributed by atoms with Crippen molar-refractivity contribution < 1.29 is 14.7 Å². The van der Waals surface area contributed by atoms with Gasteiger partial charge in [-0.3, -0.25) is 9.69 Å². The molecule has 0 atom stereocenters. The van der Waals surface area contributed by atoms with Crippen LogP contribution in [0.25, 0.3) is 17.0 Å². The molecule has 33 heavy (non-hydrogen) atoms. The van der Waals surface area contributed by atoms with Crippen molar-refractivity contribution in [3.63, 3.8) is 0 Å². The number of carbonyl (C=O) groups excluding carboxylic acids is 2. The number of amides is 1. The highest BCUT2D eigenvalue weighted by Crippen LogP contribution is 2.37. The molecule has 1 saturated heterocycles. The normalized spacial score (nSPS) is 15.0. The van der Waals surface area contributed by atoms with Gasteiger partial charge in [0.25, 0.3) is 5.91 Å². The maximum absolute atomic E-state index is 13.2. The van der Waals surface area contributed by atoms with Crippen molar-refractivity contribution in [2.75, 3.05) is 4.90 Å². The number of thiocarbonyl (C=S) groups is 1. The molecule has 1 aromatic heterocycles. The Morgan fingerprint density at radius 1 is 1.00 bits per heavy atom.